The zero-order valence-corrected chi connectivity index (χ0v) is 12.6. The van der Waals surface area contributed by atoms with Gasteiger partial charge in [-0.25, -0.2) is 0 Å². The molecule has 3 heteroatoms. The Hall–Kier alpha value is -0.570. The molecule has 2 aliphatic rings. The third kappa shape index (κ3) is 3.50. The fourth-order valence-electron chi connectivity index (χ4n) is 3.39. The molecule has 1 aromatic rings. The van der Waals surface area contributed by atoms with Gasteiger partial charge in [0.2, 0.25) is 0 Å². The van der Waals surface area contributed by atoms with Gasteiger partial charge in [-0.3, -0.25) is 4.90 Å². The van der Waals surface area contributed by atoms with Crippen molar-refractivity contribution >= 4 is 12.4 Å². The number of aryl methyl sites for hydroxylation is 2. The number of nitrogens with one attached hydrogen (secondary N) is 1. The van der Waals surface area contributed by atoms with Gasteiger partial charge in [0.15, 0.2) is 0 Å². The van der Waals surface area contributed by atoms with E-state index in [2.05, 4.69) is 35.5 Å². The highest BCUT2D eigenvalue weighted by Crippen LogP contribution is 2.24. The zero-order valence-electron chi connectivity index (χ0n) is 11.8. The lowest BCUT2D eigenvalue weighted by atomic mass is 10.0. The second kappa shape index (κ2) is 6.74. The molecule has 2 nitrogen and oxygen atoms in total. The van der Waals surface area contributed by atoms with E-state index in [0.717, 1.165) is 12.6 Å². The Labute approximate surface area is 123 Å². The van der Waals surface area contributed by atoms with Crippen molar-refractivity contribution in [1.82, 2.24) is 10.2 Å². The highest BCUT2D eigenvalue weighted by atomic mass is 35.5. The first kappa shape index (κ1) is 14.8. The van der Waals surface area contributed by atoms with Crippen LogP contribution in [0.15, 0.2) is 18.2 Å². The van der Waals surface area contributed by atoms with E-state index in [1.54, 1.807) is 11.1 Å². The lowest BCUT2D eigenvalue weighted by Crippen LogP contribution is -2.40. The van der Waals surface area contributed by atoms with Crippen LogP contribution in [0.25, 0.3) is 0 Å². The molecule has 1 fully saturated rings. The Bertz CT molecular complexity index is 413. The van der Waals surface area contributed by atoms with Crippen LogP contribution in [0.4, 0.5) is 0 Å². The van der Waals surface area contributed by atoms with Gasteiger partial charge < -0.3 is 5.32 Å². The van der Waals surface area contributed by atoms with Crippen molar-refractivity contribution in [2.45, 2.75) is 44.7 Å². The zero-order chi connectivity index (χ0) is 12.4. The molecule has 1 saturated heterocycles. The minimum absolute atomic E-state index is 0. The second-order valence-electron chi connectivity index (χ2n) is 5.85. The first-order chi connectivity index (χ1) is 8.83. The topological polar surface area (TPSA) is 15.3 Å². The number of hydrogen-bond donors (Lipinski definition) is 1. The number of hydrogen-bond acceptors (Lipinski definition) is 2. The van der Waals surface area contributed by atoms with E-state index in [1.807, 2.05) is 0 Å². The van der Waals surface area contributed by atoms with Gasteiger partial charge in [-0.15, -0.1) is 12.4 Å². The summed E-state index contributed by atoms with van der Waals surface area (Å²) in [5, 5.41) is 3.44. The van der Waals surface area contributed by atoms with E-state index in [1.165, 1.54) is 50.8 Å². The smallest absolute Gasteiger partial charge is 0.0233 e. The minimum atomic E-state index is 0. The molecule has 0 atom stereocenters. The summed E-state index contributed by atoms with van der Waals surface area (Å²) in [5.74, 6) is 0. The fraction of sp³-hybridized carbons (Fsp3) is 0.625. The van der Waals surface area contributed by atoms with Gasteiger partial charge >= 0.3 is 0 Å². The SMILES string of the molecule is CN(Cc1ccc2c(c1)CCC2)C1CCNCC1.Cl. The summed E-state index contributed by atoms with van der Waals surface area (Å²) in [4.78, 5) is 2.54. The van der Waals surface area contributed by atoms with Crippen LogP contribution in [-0.2, 0) is 19.4 Å². The number of halogens is 1. The summed E-state index contributed by atoms with van der Waals surface area (Å²) in [5.41, 5.74) is 4.69. The van der Waals surface area contributed by atoms with Gasteiger partial charge in [0.1, 0.15) is 0 Å². The first-order valence-electron chi connectivity index (χ1n) is 7.34. The molecule has 0 radical (unpaired) electrons. The van der Waals surface area contributed by atoms with E-state index in [9.17, 15) is 0 Å². The van der Waals surface area contributed by atoms with E-state index in [-0.39, 0.29) is 12.4 Å². The predicted molar refractivity (Wildman–Crippen MR) is 83.1 cm³/mol. The Balaban J connectivity index is 0.00000133. The van der Waals surface area contributed by atoms with Crippen LogP contribution in [0, 0.1) is 0 Å². The number of nitrogens with zero attached hydrogens (tertiary/aromatic N) is 1. The summed E-state index contributed by atoms with van der Waals surface area (Å²) in [6, 6.07) is 7.90. The Kier molecular flexibility index (Phi) is 5.26. The predicted octanol–water partition coefficient (Wildman–Crippen LogP) is 2.78. The van der Waals surface area contributed by atoms with Gasteiger partial charge in [-0.2, -0.15) is 0 Å². The van der Waals surface area contributed by atoms with Gasteiger partial charge in [0.25, 0.3) is 0 Å². The van der Waals surface area contributed by atoms with Crippen molar-refractivity contribution in [3.63, 3.8) is 0 Å². The third-order valence-electron chi connectivity index (χ3n) is 4.53. The molecule has 0 saturated carbocycles. The molecule has 106 valence electrons. The monoisotopic (exact) mass is 280 g/mol. The number of piperidine rings is 1. The molecule has 0 aromatic heterocycles. The van der Waals surface area contributed by atoms with Crippen molar-refractivity contribution < 1.29 is 0 Å². The third-order valence-corrected chi connectivity index (χ3v) is 4.53. The molecule has 0 spiro atoms. The van der Waals surface area contributed by atoms with Crippen molar-refractivity contribution in [2.24, 2.45) is 0 Å². The van der Waals surface area contributed by atoms with Crippen LogP contribution < -0.4 is 5.32 Å². The Morgan fingerprint density at radius 3 is 2.68 bits per heavy atom. The maximum Gasteiger partial charge on any atom is 0.0233 e. The molecular weight excluding hydrogens is 256 g/mol. The number of rotatable bonds is 3. The molecule has 0 amide bonds. The largest absolute Gasteiger partial charge is 0.317 e. The molecule has 3 rings (SSSR count). The molecule has 0 bridgehead atoms. The van der Waals surface area contributed by atoms with E-state index in [0.29, 0.717) is 0 Å². The minimum Gasteiger partial charge on any atom is -0.317 e. The van der Waals surface area contributed by atoms with E-state index >= 15 is 0 Å². The summed E-state index contributed by atoms with van der Waals surface area (Å²) < 4.78 is 0. The van der Waals surface area contributed by atoms with Crippen LogP contribution in [0.1, 0.15) is 36.0 Å². The van der Waals surface area contributed by atoms with Gasteiger partial charge in [0.05, 0.1) is 0 Å². The summed E-state index contributed by atoms with van der Waals surface area (Å²) >= 11 is 0. The average molecular weight is 281 g/mol. The Morgan fingerprint density at radius 2 is 1.89 bits per heavy atom. The lowest BCUT2D eigenvalue weighted by Gasteiger charge is -2.31. The fourth-order valence-corrected chi connectivity index (χ4v) is 3.39. The maximum atomic E-state index is 3.44. The highest BCUT2D eigenvalue weighted by Gasteiger charge is 2.18. The van der Waals surface area contributed by atoms with Gasteiger partial charge in [0, 0.05) is 12.6 Å². The van der Waals surface area contributed by atoms with Gasteiger partial charge in [-0.1, -0.05) is 18.2 Å². The molecule has 1 aliphatic heterocycles. The van der Waals surface area contributed by atoms with Crippen LogP contribution in [0.3, 0.4) is 0 Å². The van der Waals surface area contributed by atoms with Crippen molar-refractivity contribution in [1.29, 1.82) is 0 Å². The standard InChI is InChI=1S/C16H24N2.ClH/c1-18(16-7-9-17-10-8-16)12-13-5-6-14-3-2-4-15(14)11-13;/h5-6,11,16-17H,2-4,7-10,12H2,1H3;1H. The van der Waals surface area contributed by atoms with Crippen LogP contribution in [-0.4, -0.2) is 31.1 Å². The van der Waals surface area contributed by atoms with Crippen LogP contribution in [0.2, 0.25) is 0 Å². The number of benzene rings is 1. The maximum absolute atomic E-state index is 3.44. The lowest BCUT2D eigenvalue weighted by molar-refractivity contribution is 0.192. The van der Waals surface area contributed by atoms with Crippen LogP contribution in [0.5, 0.6) is 0 Å². The van der Waals surface area contributed by atoms with Crippen molar-refractivity contribution in [3.05, 3.63) is 34.9 Å². The molecule has 1 N–H and O–H groups in total. The molecule has 19 heavy (non-hydrogen) atoms. The molecule has 1 heterocycles. The molecule has 1 aliphatic carbocycles. The summed E-state index contributed by atoms with van der Waals surface area (Å²) in [6.45, 7) is 3.47. The quantitative estimate of drug-likeness (QED) is 0.916. The first-order valence-corrected chi connectivity index (χ1v) is 7.34. The van der Waals surface area contributed by atoms with E-state index < -0.39 is 0 Å². The normalized spacial score (nSPS) is 19.3. The van der Waals surface area contributed by atoms with E-state index in [4.69, 9.17) is 0 Å². The van der Waals surface area contributed by atoms with Crippen molar-refractivity contribution in [3.8, 4) is 0 Å². The summed E-state index contributed by atoms with van der Waals surface area (Å²) in [7, 11) is 2.28. The van der Waals surface area contributed by atoms with Crippen LogP contribution >= 0.6 is 12.4 Å². The highest BCUT2D eigenvalue weighted by molar-refractivity contribution is 5.85. The average Bonchev–Trinajstić information content (AvgIpc) is 2.87. The summed E-state index contributed by atoms with van der Waals surface area (Å²) in [6.07, 6.45) is 6.52. The Morgan fingerprint density at radius 1 is 1.16 bits per heavy atom. The van der Waals surface area contributed by atoms with Crippen molar-refractivity contribution in [2.75, 3.05) is 20.1 Å². The second-order valence-corrected chi connectivity index (χ2v) is 5.85. The molecular formula is C16H25ClN2. The van der Waals surface area contributed by atoms with Gasteiger partial charge in [-0.05, 0) is 68.9 Å². The molecule has 0 unspecified atom stereocenters. The molecule has 1 aromatic carbocycles. The number of fused-ring (bicyclic) bond motifs is 1.